The number of rotatable bonds is 5. The summed E-state index contributed by atoms with van der Waals surface area (Å²) in [6.45, 7) is 7.86. The topological polar surface area (TPSA) is 15.3 Å². The lowest BCUT2D eigenvalue weighted by atomic mass is 9.89. The van der Waals surface area contributed by atoms with E-state index in [0.717, 1.165) is 39.0 Å². The van der Waals surface area contributed by atoms with Gasteiger partial charge in [0.05, 0.1) is 0 Å². The number of benzene rings is 1. The second kappa shape index (κ2) is 8.66. The number of piperazine rings is 1. The van der Waals surface area contributed by atoms with Crippen LogP contribution < -0.4 is 5.32 Å². The van der Waals surface area contributed by atoms with Gasteiger partial charge in [0.2, 0.25) is 0 Å². The molecule has 120 valence electrons. The summed E-state index contributed by atoms with van der Waals surface area (Å²) in [7, 11) is 0. The van der Waals surface area contributed by atoms with E-state index in [2.05, 4.69) is 24.1 Å². The fraction of sp³-hybridized carbons (Fsp3) is 0.625. The number of nitrogens with one attached hydrogen (secondary N) is 1. The van der Waals surface area contributed by atoms with Crippen molar-refractivity contribution in [2.24, 2.45) is 5.92 Å². The molecule has 1 aromatic carbocycles. The highest BCUT2D eigenvalue weighted by Crippen LogP contribution is 2.33. The largest absolute Gasteiger partial charge is 0.314 e. The third-order valence-electron chi connectivity index (χ3n) is 4.10. The number of nitrogens with zero attached hydrogens (tertiary/aromatic N) is 1. The SMILES string of the molecule is CCCC(C)[C@H](c1cc(F)ccc1F)N1CCNCC1.Cl. The molecule has 0 bridgehead atoms. The Bertz CT molecular complexity index is 436. The van der Waals surface area contributed by atoms with E-state index in [1.165, 1.54) is 18.2 Å². The maximum atomic E-state index is 14.2. The zero-order valence-electron chi connectivity index (χ0n) is 12.7. The summed E-state index contributed by atoms with van der Waals surface area (Å²) in [6.07, 6.45) is 2.07. The van der Waals surface area contributed by atoms with Crippen LogP contribution in [0.3, 0.4) is 0 Å². The molecule has 0 radical (unpaired) electrons. The predicted molar refractivity (Wildman–Crippen MR) is 84.9 cm³/mol. The van der Waals surface area contributed by atoms with Crippen LogP contribution in [0.25, 0.3) is 0 Å². The van der Waals surface area contributed by atoms with Crippen LogP contribution in [0.15, 0.2) is 18.2 Å². The second-order valence-electron chi connectivity index (χ2n) is 5.66. The van der Waals surface area contributed by atoms with E-state index in [0.29, 0.717) is 11.5 Å². The Kier molecular flexibility index (Phi) is 7.57. The zero-order chi connectivity index (χ0) is 14.5. The van der Waals surface area contributed by atoms with Crippen LogP contribution in [0, 0.1) is 17.6 Å². The van der Waals surface area contributed by atoms with Crippen LogP contribution >= 0.6 is 12.4 Å². The van der Waals surface area contributed by atoms with Crippen molar-refractivity contribution in [2.75, 3.05) is 26.2 Å². The number of hydrogen-bond donors (Lipinski definition) is 1. The van der Waals surface area contributed by atoms with Gasteiger partial charge in [-0.3, -0.25) is 4.90 Å². The summed E-state index contributed by atoms with van der Waals surface area (Å²) in [5.74, 6) is -0.336. The van der Waals surface area contributed by atoms with Gasteiger partial charge in [-0.2, -0.15) is 0 Å². The summed E-state index contributed by atoms with van der Waals surface area (Å²) in [6, 6.07) is 3.78. The first-order valence-electron chi connectivity index (χ1n) is 7.53. The number of halogens is 3. The van der Waals surface area contributed by atoms with Crippen LogP contribution in [0.1, 0.15) is 38.3 Å². The highest BCUT2D eigenvalue weighted by molar-refractivity contribution is 5.85. The van der Waals surface area contributed by atoms with E-state index in [9.17, 15) is 8.78 Å². The van der Waals surface area contributed by atoms with Crippen molar-refractivity contribution >= 4 is 12.4 Å². The molecule has 2 atom stereocenters. The van der Waals surface area contributed by atoms with Crippen LogP contribution in [0.5, 0.6) is 0 Å². The fourth-order valence-electron chi connectivity index (χ4n) is 3.18. The molecular formula is C16H25ClF2N2. The van der Waals surface area contributed by atoms with Gasteiger partial charge in [-0.15, -0.1) is 12.4 Å². The average molecular weight is 319 g/mol. The molecule has 0 aliphatic carbocycles. The van der Waals surface area contributed by atoms with Gasteiger partial charge < -0.3 is 5.32 Å². The quantitative estimate of drug-likeness (QED) is 0.889. The Morgan fingerprint density at radius 2 is 1.90 bits per heavy atom. The van der Waals surface area contributed by atoms with Crippen LogP contribution in [-0.4, -0.2) is 31.1 Å². The van der Waals surface area contributed by atoms with Crippen molar-refractivity contribution < 1.29 is 8.78 Å². The molecule has 21 heavy (non-hydrogen) atoms. The molecule has 2 rings (SSSR count). The molecular weight excluding hydrogens is 294 g/mol. The monoisotopic (exact) mass is 318 g/mol. The van der Waals surface area contributed by atoms with Gasteiger partial charge in [0.1, 0.15) is 11.6 Å². The standard InChI is InChI=1S/C16H24F2N2.ClH/c1-3-4-12(2)16(20-9-7-19-8-10-20)14-11-13(17)5-6-15(14)18;/h5-6,11-12,16,19H,3-4,7-10H2,1-2H3;1H/t12?,16-;/m1./s1. The summed E-state index contributed by atoms with van der Waals surface area (Å²) < 4.78 is 27.7. The molecule has 0 aromatic heterocycles. The van der Waals surface area contributed by atoms with E-state index in [1.807, 2.05) is 0 Å². The Morgan fingerprint density at radius 3 is 2.52 bits per heavy atom. The Labute approximate surface area is 132 Å². The minimum absolute atomic E-state index is 0. The van der Waals surface area contributed by atoms with Crippen molar-refractivity contribution in [2.45, 2.75) is 32.7 Å². The molecule has 1 unspecified atom stereocenters. The first-order valence-corrected chi connectivity index (χ1v) is 7.53. The van der Waals surface area contributed by atoms with Gasteiger partial charge >= 0.3 is 0 Å². The third kappa shape index (κ3) is 4.63. The minimum Gasteiger partial charge on any atom is -0.314 e. The molecule has 0 amide bonds. The molecule has 1 aliphatic heterocycles. The van der Waals surface area contributed by atoms with E-state index >= 15 is 0 Å². The molecule has 2 nitrogen and oxygen atoms in total. The highest BCUT2D eigenvalue weighted by atomic mass is 35.5. The van der Waals surface area contributed by atoms with Gasteiger partial charge in [0.15, 0.2) is 0 Å². The lowest BCUT2D eigenvalue weighted by molar-refractivity contribution is 0.123. The van der Waals surface area contributed by atoms with Crippen molar-refractivity contribution in [1.82, 2.24) is 10.2 Å². The van der Waals surface area contributed by atoms with Gasteiger partial charge in [-0.05, 0) is 30.5 Å². The van der Waals surface area contributed by atoms with Gasteiger partial charge in [-0.25, -0.2) is 8.78 Å². The normalized spacial score (nSPS) is 18.9. The van der Waals surface area contributed by atoms with Crippen molar-refractivity contribution in [3.05, 3.63) is 35.4 Å². The first kappa shape index (κ1) is 18.3. The minimum atomic E-state index is -0.356. The second-order valence-corrected chi connectivity index (χ2v) is 5.66. The summed E-state index contributed by atoms with van der Waals surface area (Å²) in [4.78, 5) is 2.29. The molecule has 1 fully saturated rings. The summed E-state index contributed by atoms with van der Waals surface area (Å²) in [5.41, 5.74) is 0.507. The molecule has 0 saturated carbocycles. The number of hydrogen-bond acceptors (Lipinski definition) is 2. The Morgan fingerprint density at radius 1 is 1.24 bits per heavy atom. The maximum Gasteiger partial charge on any atom is 0.128 e. The van der Waals surface area contributed by atoms with Gasteiger partial charge in [0, 0.05) is 37.8 Å². The maximum absolute atomic E-state index is 14.2. The zero-order valence-corrected chi connectivity index (χ0v) is 13.6. The lowest BCUT2D eigenvalue weighted by Crippen LogP contribution is -2.46. The van der Waals surface area contributed by atoms with Gasteiger partial charge in [-0.1, -0.05) is 20.3 Å². The smallest absolute Gasteiger partial charge is 0.128 e. The molecule has 1 heterocycles. The molecule has 1 aromatic rings. The van der Waals surface area contributed by atoms with E-state index < -0.39 is 0 Å². The van der Waals surface area contributed by atoms with E-state index in [-0.39, 0.29) is 30.1 Å². The van der Waals surface area contributed by atoms with Crippen LogP contribution in [-0.2, 0) is 0 Å². The summed E-state index contributed by atoms with van der Waals surface area (Å²) >= 11 is 0. The van der Waals surface area contributed by atoms with Gasteiger partial charge in [0.25, 0.3) is 0 Å². The van der Waals surface area contributed by atoms with Crippen molar-refractivity contribution in [3.8, 4) is 0 Å². The molecule has 1 aliphatic rings. The lowest BCUT2D eigenvalue weighted by Gasteiger charge is -2.38. The van der Waals surface area contributed by atoms with E-state index in [4.69, 9.17) is 0 Å². The molecule has 1 N–H and O–H groups in total. The van der Waals surface area contributed by atoms with Crippen LogP contribution in [0.2, 0.25) is 0 Å². The van der Waals surface area contributed by atoms with Crippen molar-refractivity contribution in [1.29, 1.82) is 0 Å². The highest BCUT2D eigenvalue weighted by Gasteiger charge is 2.29. The first-order chi connectivity index (χ1) is 9.63. The molecule has 1 saturated heterocycles. The van der Waals surface area contributed by atoms with E-state index in [1.54, 1.807) is 0 Å². The fourth-order valence-corrected chi connectivity index (χ4v) is 3.18. The summed E-state index contributed by atoms with van der Waals surface area (Å²) in [5, 5.41) is 3.31. The predicted octanol–water partition coefficient (Wildman–Crippen LogP) is 3.77. The third-order valence-corrected chi connectivity index (χ3v) is 4.10. The van der Waals surface area contributed by atoms with Crippen molar-refractivity contribution in [3.63, 3.8) is 0 Å². The Balaban J connectivity index is 0.00000220. The Hall–Kier alpha value is -0.710. The molecule has 0 spiro atoms. The average Bonchev–Trinajstić information content (AvgIpc) is 2.44. The molecule has 5 heteroatoms. The van der Waals surface area contributed by atoms with Crippen LogP contribution in [0.4, 0.5) is 8.78 Å².